The molecule has 1 heterocycles. The maximum atomic E-state index is 11.4. The van der Waals surface area contributed by atoms with E-state index in [0.29, 0.717) is 0 Å². The fourth-order valence-corrected chi connectivity index (χ4v) is 2.06. The van der Waals surface area contributed by atoms with Crippen LogP contribution in [0.5, 0.6) is 0 Å². The molecule has 8 heteroatoms. The molecule has 108 valence electrons. The fraction of sp³-hybridized carbons (Fsp3) is 0.0769. The summed E-state index contributed by atoms with van der Waals surface area (Å²) in [5.74, 6) is -2.80. The Balaban J connectivity index is 2.56. The minimum atomic E-state index is -1.53. The molecule has 0 fully saturated rings. The van der Waals surface area contributed by atoms with Crippen molar-refractivity contribution in [1.82, 2.24) is 0 Å². The second-order valence-corrected chi connectivity index (χ2v) is 4.16. The molecule has 0 saturated heterocycles. The third kappa shape index (κ3) is 2.59. The Morgan fingerprint density at radius 2 is 1.90 bits per heavy atom. The molecule has 0 bridgehead atoms. The largest absolute Gasteiger partial charge is 0.479 e. The number of allylic oxidation sites excluding steroid dienone is 2. The molecule has 2 rings (SSSR count). The summed E-state index contributed by atoms with van der Waals surface area (Å²) in [6, 6.07) is 4.00. The highest BCUT2D eigenvalue weighted by atomic mass is 16.6. The summed E-state index contributed by atoms with van der Waals surface area (Å²) in [5, 5.41) is 29.4. The summed E-state index contributed by atoms with van der Waals surface area (Å²) < 4.78 is 0. The first kappa shape index (κ1) is 14.3. The van der Waals surface area contributed by atoms with E-state index in [1.54, 1.807) is 0 Å². The van der Waals surface area contributed by atoms with Crippen LogP contribution in [0.3, 0.4) is 0 Å². The van der Waals surface area contributed by atoms with Crippen LogP contribution >= 0.6 is 0 Å². The molecule has 8 nitrogen and oxygen atoms in total. The normalized spacial score (nSPS) is 17.2. The SMILES string of the molecule is O=C(O)C1=CC=CN(c2ccccc2[N+](=O)[O-])C1C(=O)O. The van der Waals surface area contributed by atoms with Gasteiger partial charge in [-0.25, -0.2) is 9.59 Å². The topological polar surface area (TPSA) is 121 Å². The quantitative estimate of drug-likeness (QED) is 0.634. The molecule has 0 amide bonds. The first-order valence-electron chi connectivity index (χ1n) is 5.79. The summed E-state index contributed by atoms with van der Waals surface area (Å²) in [5.41, 5.74) is -0.666. The molecule has 0 aliphatic carbocycles. The van der Waals surface area contributed by atoms with Crippen LogP contribution < -0.4 is 4.90 Å². The van der Waals surface area contributed by atoms with Crippen molar-refractivity contribution >= 4 is 23.3 Å². The number of hydrogen-bond donors (Lipinski definition) is 2. The third-order valence-corrected chi connectivity index (χ3v) is 2.93. The lowest BCUT2D eigenvalue weighted by Gasteiger charge is -2.29. The molecule has 2 N–H and O–H groups in total. The number of rotatable bonds is 4. The van der Waals surface area contributed by atoms with E-state index in [1.165, 1.54) is 36.5 Å². The molecular formula is C13H10N2O6. The van der Waals surface area contributed by atoms with Crippen molar-refractivity contribution < 1.29 is 24.7 Å². The molecule has 0 radical (unpaired) electrons. The van der Waals surface area contributed by atoms with Gasteiger partial charge in [0.2, 0.25) is 0 Å². The maximum Gasteiger partial charge on any atom is 0.334 e. The first-order chi connectivity index (χ1) is 9.93. The van der Waals surface area contributed by atoms with Gasteiger partial charge in [0.05, 0.1) is 10.5 Å². The predicted octanol–water partition coefficient (Wildman–Crippen LogP) is 1.39. The van der Waals surface area contributed by atoms with E-state index in [-0.39, 0.29) is 16.9 Å². The summed E-state index contributed by atoms with van der Waals surface area (Å²) in [6.45, 7) is 0. The number of para-hydroxylation sites is 2. The third-order valence-electron chi connectivity index (χ3n) is 2.93. The van der Waals surface area contributed by atoms with Gasteiger partial charge < -0.3 is 15.1 Å². The average molecular weight is 290 g/mol. The van der Waals surface area contributed by atoms with Crippen LogP contribution in [0.2, 0.25) is 0 Å². The number of carboxylic acid groups (broad SMARTS) is 2. The molecule has 1 unspecified atom stereocenters. The monoisotopic (exact) mass is 290 g/mol. The predicted molar refractivity (Wildman–Crippen MR) is 71.9 cm³/mol. The minimum absolute atomic E-state index is 0.0120. The molecule has 1 aliphatic heterocycles. The van der Waals surface area contributed by atoms with E-state index >= 15 is 0 Å². The highest BCUT2D eigenvalue weighted by Gasteiger charge is 2.36. The van der Waals surface area contributed by atoms with Crippen molar-refractivity contribution in [3.05, 3.63) is 58.3 Å². The maximum absolute atomic E-state index is 11.4. The Morgan fingerprint density at radius 3 is 2.48 bits per heavy atom. The average Bonchev–Trinajstić information content (AvgIpc) is 2.46. The van der Waals surface area contributed by atoms with Crippen molar-refractivity contribution in [3.63, 3.8) is 0 Å². The first-order valence-corrected chi connectivity index (χ1v) is 5.79. The molecule has 1 aromatic rings. The van der Waals surface area contributed by atoms with E-state index in [0.717, 1.165) is 11.0 Å². The zero-order chi connectivity index (χ0) is 15.6. The Kier molecular flexibility index (Phi) is 3.70. The van der Waals surface area contributed by atoms with Gasteiger partial charge in [-0.05, 0) is 18.2 Å². The van der Waals surface area contributed by atoms with Crippen molar-refractivity contribution in [2.24, 2.45) is 0 Å². The summed E-state index contributed by atoms with van der Waals surface area (Å²) in [4.78, 5) is 34.0. The van der Waals surface area contributed by atoms with E-state index < -0.39 is 22.9 Å². The smallest absolute Gasteiger partial charge is 0.334 e. The number of anilines is 1. The zero-order valence-corrected chi connectivity index (χ0v) is 10.5. The van der Waals surface area contributed by atoms with E-state index in [1.807, 2.05) is 0 Å². The molecule has 0 spiro atoms. The van der Waals surface area contributed by atoms with Gasteiger partial charge in [0, 0.05) is 12.3 Å². The molecular weight excluding hydrogens is 280 g/mol. The Morgan fingerprint density at radius 1 is 1.24 bits per heavy atom. The highest BCUT2D eigenvalue weighted by molar-refractivity contribution is 5.99. The number of nitrogens with zero attached hydrogens (tertiary/aromatic N) is 2. The number of carbonyl (C=O) groups is 2. The summed E-state index contributed by atoms with van der Waals surface area (Å²) in [6.07, 6.45) is 3.79. The number of nitro groups is 1. The lowest BCUT2D eigenvalue weighted by Crippen LogP contribution is -2.43. The summed E-state index contributed by atoms with van der Waals surface area (Å²) in [7, 11) is 0. The zero-order valence-electron chi connectivity index (χ0n) is 10.5. The van der Waals surface area contributed by atoms with Gasteiger partial charge in [0.15, 0.2) is 6.04 Å². The standard InChI is InChI=1S/C13H10N2O6/c16-12(17)8-4-3-7-14(11(8)13(18)19)9-5-1-2-6-10(9)15(20)21/h1-7,11H,(H,16,17)(H,18,19). The molecule has 21 heavy (non-hydrogen) atoms. The minimum Gasteiger partial charge on any atom is -0.479 e. The van der Waals surface area contributed by atoms with Gasteiger partial charge in [-0.3, -0.25) is 10.1 Å². The molecule has 0 aromatic heterocycles. The van der Waals surface area contributed by atoms with Gasteiger partial charge in [-0.15, -0.1) is 0 Å². The number of aliphatic carboxylic acids is 2. The Hall–Kier alpha value is -3.16. The number of carboxylic acids is 2. The molecule has 1 atom stereocenters. The van der Waals surface area contributed by atoms with E-state index in [4.69, 9.17) is 5.11 Å². The second-order valence-electron chi connectivity index (χ2n) is 4.16. The van der Waals surface area contributed by atoms with Crippen molar-refractivity contribution in [2.75, 3.05) is 4.90 Å². The van der Waals surface area contributed by atoms with Crippen LogP contribution in [0.25, 0.3) is 0 Å². The van der Waals surface area contributed by atoms with Crippen LogP contribution in [0, 0.1) is 10.1 Å². The van der Waals surface area contributed by atoms with Crippen LogP contribution in [-0.2, 0) is 9.59 Å². The van der Waals surface area contributed by atoms with Crippen LogP contribution in [-0.4, -0.2) is 33.1 Å². The van der Waals surface area contributed by atoms with Crippen molar-refractivity contribution in [2.45, 2.75) is 6.04 Å². The molecule has 1 aromatic carbocycles. The van der Waals surface area contributed by atoms with Crippen LogP contribution in [0.1, 0.15) is 0 Å². The number of hydrogen-bond acceptors (Lipinski definition) is 5. The van der Waals surface area contributed by atoms with Gasteiger partial charge >= 0.3 is 11.9 Å². The highest BCUT2D eigenvalue weighted by Crippen LogP contribution is 2.32. The Bertz CT molecular complexity index is 679. The fourth-order valence-electron chi connectivity index (χ4n) is 2.06. The second kappa shape index (κ2) is 5.45. The molecule has 0 saturated carbocycles. The van der Waals surface area contributed by atoms with E-state index in [2.05, 4.69) is 0 Å². The van der Waals surface area contributed by atoms with Crippen LogP contribution in [0.15, 0.2) is 48.2 Å². The lowest BCUT2D eigenvalue weighted by molar-refractivity contribution is -0.384. The molecule has 1 aliphatic rings. The van der Waals surface area contributed by atoms with Crippen molar-refractivity contribution in [1.29, 1.82) is 0 Å². The summed E-state index contributed by atoms with van der Waals surface area (Å²) >= 11 is 0. The van der Waals surface area contributed by atoms with Crippen molar-refractivity contribution in [3.8, 4) is 0 Å². The van der Waals surface area contributed by atoms with Gasteiger partial charge in [0.1, 0.15) is 5.69 Å². The van der Waals surface area contributed by atoms with Gasteiger partial charge in [0.25, 0.3) is 5.69 Å². The number of benzene rings is 1. The van der Waals surface area contributed by atoms with E-state index in [9.17, 15) is 24.8 Å². The lowest BCUT2D eigenvalue weighted by atomic mass is 10.0. The van der Waals surface area contributed by atoms with Crippen LogP contribution in [0.4, 0.5) is 11.4 Å². The van der Waals surface area contributed by atoms with Gasteiger partial charge in [-0.2, -0.15) is 0 Å². The number of nitro benzene ring substituents is 1. The van der Waals surface area contributed by atoms with Gasteiger partial charge in [-0.1, -0.05) is 12.1 Å². The Labute approximate surface area is 118 Å².